The van der Waals surface area contributed by atoms with Gasteiger partial charge < -0.3 is 19.9 Å². The Hall–Kier alpha value is -4.34. The number of aliphatic hydroxyl groups is 2. The number of rotatable bonds is 7. The van der Waals surface area contributed by atoms with Crippen molar-refractivity contribution >= 4 is 45.1 Å². The summed E-state index contributed by atoms with van der Waals surface area (Å²) in [6, 6.07) is 19.9. The second kappa shape index (κ2) is 11.6. The van der Waals surface area contributed by atoms with Gasteiger partial charge in [-0.25, -0.2) is 9.97 Å². The van der Waals surface area contributed by atoms with E-state index in [1.807, 2.05) is 36.5 Å². The number of nitrogens with one attached hydrogen (secondary N) is 1. The number of aromatic nitrogens is 3. The summed E-state index contributed by atoms with van der Waals surface area (Å²) < 4.78 is 6.11. The number of anilines is 2. The molecule has 1 aliphatic heterocycles. The molecule has 4 heterocycles. The number of fused-ring (bicyclic) bond motifs is 2. The van der Waals surface area contributed by atoms with E-state index in [9.17, 15) is 10.2 Å². The number of hydrogen-bond acceptors (Lipinski definition) is 8. The minimum Gasteiger partial charge on any atom is -0.434 e. The van der Waals surface area contributed by atoms with Gasteiger partial charge in [-0.1, -0.05) is 35.9 Å². The van der Waals surface area contributed by atoms with E-state index in [1.54, 1.807) is 18.3 Å². The Kier molecular flexibility index (Phi) is 7.52. The van der Waals surface area contributed by atoms with Crippen LogP contribution in [0.5, 0.6) is 0 Å². The monoisotopic (exact) mass is 605 g/mol. The summed E-state index contributed by atoms with van der Waals surface area (Å²) in [6.45, 7) is 6.41. The van der Waals surface area contributed by atoms with Gasteiger partial charge in [0, 0.05) is 48.7 Å². The number of likely N-dealkylation sites (tertiary alicyclic amines) is 1. The number of hydrogen-bond donors (Lipinski definition) is 3. The summed E-state index contributed by atoms with van der Waals surface area (Å²) >= 11 is 6.42. The largest absolute Gasteiger partial charge is 0.434 e. The Morgan fingerprint density at radius 1 is 0.977 bits per heavy atom. The first kappa shape index (κ1) is 28.4. The Morgan fingerprint density at radius 3 is 2.57 bits per heavy atom. The molecule has 9 heteroatoms. The van der Waals surface area contributed by atoms with Crippen LogP contribution >= 0.6 is 11.6 Å². The molecule has 0 amide bonds. The molecule has 1 fully saturated rings. The predicted molar refractivity (Wildman–Crippen MR) is 174 cm³/mol. The first-order chi connectivity index (χ1) is 21.4. The number of oxazole rings is 1. The van der Waals surface area contributed by atoms with E-state index < -0.39 is 0 Å². The highest BCUT2D eigenvalue weighted by Crippen LogP contribution is 2.38. The Balaban J connectivity index is 1.20. The van der Waals surface area contributed by atoms with Crippen LogP contribution in [0.3, 0.4) is 0 Å². The van der Waals surface area contributed by atoms with Crippen LogP contribution in [0, 0.1) is 13.8 Å². The molecule has 1 atom stereocenters. The molecule has 7 rings (SSSR count). The molecule has 0 saturated carbocycles. The summed E-state index contributed by atoms with van der Waals surface area (Å²) in [5.74, 6) is 1.18. The molecule has 0 unspecified atom stereocenters. The molecule has 3 aromatic heterocycles. The average Bonchev–Trinajstić information content (AvgIpc) is 3.64. The third-order valence-electron chi connectivity index (χ3n) is 8.44. The van der Waals surface area contributed by atoms with Gasteiger partial charge in [0.15, 0.2) is 11.4 Å². The fourth-order valence-corrected chi connectivity index (χ4v) is 6.38. The van der Waals surface area contributed by atoms with Crippen LogP contribution in [0.15, 0.2) is 77.5 Å². The minimum atomic E-state index is -0.240. The number of aliphatic hydroxyl groups excluding tert-OH is 2. The SMILES string of the molecule is Cc1c(Nc2nccc3cc(CN4CC[C@H](O)C4)cnc23)cccc1-c1cccc(-c2nc3cc(CO)cc(Cl)c3o2)c1C. The maximum atomic E-state index is 9.88. The fourth-order valence-electron chi connectivity index (χ4n) is 6.10. The lowest BCUT2D eigenvalue weighted by molar-refractivity contribution is 0.175. The molecular weight excluding hydrogens is 574 g/mol. The van der Waals surface area contributed by atoms with E-state index in [4.69, 9.17) is 26.0 Å². The van der Waals surface area contributed by atoms with E-state index in [0.29, 0.717) is 39.9 Å². The molecule has 0 aliphatic carbocycles. The minimum absolute atomic E-state index is 0.119. The maximum absolute atomic E-state index is 9.88. The van der Waals surface area contributed by atoms with Crippen molar-refractivity contribution in [2.75, 3.05) is 18.4 Å². The lowest BCUT2D eigenvalue weighted by atomic mass is 9.93. The van der Waals surface area contributed by atoms with Crippen molar-refractivity contribution in [3.8, 4) is 22.6 Å². The van der Waals surface area contributed by atoms with Gasteiger partial charge in [0.1, 0.15) is 11.0 Å². The molecule has 1 saturated heterocycles. The van der Waals surface area contributed by atoms with Crippen molar-refractivity contribution in [3.63, 3.8) is 0 Å². The molecule has 222 valence electrons. The van der Waals surface area contributed by atoms with Crippen molar-refractivity contribution < 1.29 is 14.6 Å². The molecule has 8 nitrogen and oxygen atoms in total. The lowest BCUT2D eigenvalue weighted by Gasteiger charge is -2.17. The Bertz CT molecular complexity index is 2020. The zero-order valence-electron chi connectivity index (χ0n) is 24.5. The number of pyridine rings is 2. The van der Waals surface area contributed by atoms with Crippen LogP contribution in [0.1, 0.15) is 28.7 Å². The molecular formula is C35H32ClN5O3. The molecule has 3 N–H and O–H groups in total. The highest BCUT2D eigenvalue weighted by molar-refractivity contribution is 6.34. The third kappa shape index (κ3) is 5.31. The van der Waals surface area contributed by atoms with Crippen LogP contribution in [-0.2, 0) is 13.2 Å². The smallest absolute Gasteiger partial charge is 0.227 e. The summed E-state index contributed by atoms with van der Waals surface area (Å²) in [6.07, 6.45) is 4.29. The Morgan fingerprint density at radius 2 is 1.77 bits per heavy atom. The van der Waals surface area contributed by atoms with Crippen LogP contribution in [0.2, 0.25) is 5.02 Å². The molecule has 1 aliphatic rings. The molecule has 0 spiro atoms. The molecule has 3 aromatic carbocycles. The molecule has 0 bridgehead atoms. The molecule has 44 heavy (non-hydrogen) atoms. The standard InChI is InChI=1S/C35H32ClN5O3/c1-20-26(5-3-7-28(20)35-40-31-15-22(19-42)14-29(36)33(31)44-35)27-6-4-8-30(21(27)2)39-34-32-24(9-11-37-34)13-23(16-38-32)17-41-12-10-25(43)18-41/h3-9,11,13-16,25,42-43H,10,12,17-19H2,1-2H3,(H,37,39)/t25-/m0/s1. The second-order valence-corrected chi connectivity index (χ2v) is 11.8. The van der Waals surface area contributed by atoms with Crippen molar-refractivity contribution in [2.45, 2.75) is 39.5 Å². The number of β-amino-alcohol motifs (C(OH)–C–C–N with tert-alkyl or cyclic N) is 1. The highest BCUT2D eigenvalue weighted by atomic mass is 35.5. The average molecular weight is 606 g/mol. The van der Waals surface area contributed by atoms with Crippen molar-refractivity contribution in [2.24, 2.45) is 0 Å². The van der Waals surface area contributed by atoms with E-state index in [2.05, 4.69) is 47.2 Å². The van der Waals surface area contributed by atoms with Crippen LogP contribution in [0.4, 0.5) is 11.5 Å². The van der Waals surface area contributed by atoms with Crippen LogP contribution in [-0.4, -0.2) is 49.3 Å². The van der Waals surface area contributed by atoms with Crippen molar-refractivity contribution in [3.05, 3.63) is 100 Å². The first-order valence-corrected chi connectivity index (χ1v) is 15.1. The van der Waals surface area contributed by atoms with Gasteiger partial charge in [0.05, 0.1) is 17.7 Å². The van der Waals surface area contributed by atoms with Crippen molar-refractivity contribution in [1.82, 2.24) is 19.9 Å². The summed E-state index contributed by atoms with van der Waals surface area (Å²) in [5, 5.41) is 24.4. The van der Waals surface area contributed by atoms with Gasteiger partial charge in [-0.05, 0) is 90.0 Å². The van der Waals surface area contributed by atoms with Gasteiger partial charge in [-0.3, -0.25) is 9.88 Å². The number of nitrogens with zero attached hydrogens (tertiary/aromatic N) is 4. The number of halogens is 1. The number of benzene rings is 3. The fraction of sp³-hybridized carbons (Fsp3) is 0.229. The van der Waals surface area contributed by atoms with E-state index >= 15 is 0 Å². The predicted octanol–water partition coefficient (Wildman–Crippen LogP) is 7.18. The van der Waals surface area contributed by atoms with Crippen molar-refractivity contribution in [1.29, 1.82) is 0 Å². The van der Waals surface area contributed by atoms with Crippen LogP contribution < -0.4 is 5.32 Å². The Labute approximate surface area is 260 Å². The van der Waals surface area contributed by atoms with Gasteiger partial charge in [-0.15, -0.1) is 0 Å². The zero-order chi connectivity index (χ0) is 30.4. The topological polar surface area (TPSA) is 108 Å². The first-order valence-electron chi connectivity index (χ1n) is 14.7. The van der Waals surface area contributed by atoms with E-state index in [-0.39, 0.29) is 12.7 Å². The molecule has 0 radical (unpaired) electrons. The van der Waals surface area contributed by atoms with Gasteiger partial charge in [0.2, 0.25) is 5.89 Å². The zero-order valence-corrected chi connectivity index (χ0v) is 25.3. The van der Waals surface area contributed by atoms with E-state index in [1.165, 1.54) is 0 Å². The summed E-state index contributed by atoms with van der Waals surface area (Å²) in [7, 11) is 0. The van der Waals surface area contributed by atoms with E-state index in [0.717, 1.165) is 69.5 Å². The quantitative estimate of drug-likeness (QED) is 0.176. The summed E-state index contributed by atoms with van der Waals surface area (Å²) in [4.78, 5) is 16.4. The summed E-state index contributed by atoms with van der Waals surface area (Å²) in [5.41, 5.74) is 9.78. The highest BCUT2D eigenvalue weighted by Gasteiger charge is 2.21. The maximum Gasteiger partial charge on any atom is 0.227 e. The molecule has 6 aromatic rings. The normalized spacial score (nSPS) is 15.4. The second-order valence-electron chi connectivity index (χ2n) is 11.4. The van der Waals surface area contributed by atoms with Gasteiger partial charge >= 0.3 is 0 Å². The van der Waals surface area contributed by atoms with Crippen LogP contribution in [0.25, 0.3) is 44.6 Å². The van der Waals surface area contributed by atoms with Gasteiger partial charge in [-0.2, -0.15) is 0 Å². The lowest BCUT2D eigenvalue weighted by Crippen LogP contribution is -2.21. The third-order valence-corrected chi connectivity index (χ3v) is 8.72. The van der Waals surface area contributed by atoms with Gasteiger partial charge in [0.25, 0.3) is 0 Å².